The van der Waals surface area contributed by atoms with E-state index in [1.165, 1.54) is 12.8 Å². The predicted octanol–water partition coefficient (Wildman–Crippen LogP) is 3.71. The molecule has 0 aliphatic carbocycles. The summed E-state index contributed by atoms with van der Waals surface area (Å²) in [6.07, 6.45) is 10.2. The molecule has 2 bridgehead atoms. The first-order valence-corrected chi connectivity index (χ1v) is 12.1. The van der Waals surface area contributed by atoms with Gasteiger partial charge >= 0.3 is 6.01 Å². The number of nitrogens with zero attached hydrogens (tertiary/aromatic N) is 6. The molecule has 0 amide bonds. The van der Waals surface area contributed by atoms with Crippen molar-refractivity contribution in [3.8, 4) is 11.7 Å². The molecule has 2 saturated heterocycles. The molecule has 9 heteroatoms. The quantitative estimate of drug-likeness (QED) is 0.436. The van der Waals surface area contributed by atoms with E-state index in [0.717, 1.165) is 35.3 Å². The van der Waals surface area contributed by atoms with E-state index in [-0.39, 0.29) is 6.10 Å². The summed E-state index contributed by atoms with van der Waals surface area (Å²) in [4.78, 5) is 9.55. The zero-order valence-corrected chi connectivity index (χ0v) is 19.6. The van der Waals surface area contributed by atoms with Crippen LogP contribution in [0.25, 0.3) is 11.3 Å². The monoisotopic (exact) mass is 458 g/mol. The van der Waals surface area contributed by atoms with Crippen molar-refractivity contribution in [3.63, 3.8) is 0 Å². The van der Waals surface area contributed by atoms with Gasteiger partial charge in [-0.15, -0.1) is 0 Å². The van der Waals surface area contributed by atoms with E-state index in [9.17, 15) is 0 Å². The molecule has 1 aromatic carbocycles. The molecule has 2 unspecified atom stereocenters. The highest BCUT2D eigenvalue weighted by Crippen LogP contribution is 2.30. The van der Waals surface area contributed by atoms with E-state index in [4.69, 9.17) is 14.7 Å². The zero-order chi connectivity index (χ0) is 23.1. The second-order valence-electron chi connectivity index (χ2n) is 9.60. The number of para-hydroxylation sites is 1. The smallest absolute Gasteiger partial charge is 0.322 e. The summed E-state index contributed by atoms with van der Waals surface area (Å²) in [7, 11) is 0. The van der Waals surface area contributed by atoms with Crippen molar-refractivity contribution in [2.75, 3.05) is 5.32 Å². The van der Waals surface area contributed by atoms with Crippen LogP contribution in [0.1, 0.15) is 56.6 Å². The van der Waals surface area contributed by atoms with Crippen molar-refractivity contribution in [1.29, 1.82) is 0 Å². The number of nitrogens with one attached hydrogen (secondary N) is 2. The highest BCUT2D eigenvalue weighted by molar-refractivity contribution is 5.53. The number of piperidine rings is 1. The molecule has 2 aliphatic rings. The van der Waals surface area contributed by atoms with Crippen LogP contribution in [0, 0.1) is 0 Å². The molecule has 34 heavy (non-hydrogen) atoms. The van der Waals surface area contributed by atoms with Crippen LogP contribution in [0.4, 0.5) is 5.95 Å². The third-order valence-corrected chi connectivity index (χ3v) is 6.88. The molecule has 4 aromatic rings. The third kappa shape index (κ3) is 4.00. The van der Waals surface area contributed by atoms with Crippen LogP contribution in [-0.4, -0.2) is 47.6 Å². The normalized spacial score (nSPS) is 21.9. The number of fused-ring (bicyclic) bond motifs is 3. The Morgan fingerprint density at radius 3 is 2.68 bits per heavy atom. The number of hydrogen-bond acceptors (Lipinski definition) is 7. The molecule has 0 radical (unpaired) electrons. The topological polar surface area (TPSA) is 94.2 Å². The summed E-state index contributed by atoms with van der Waals surface area (Å²) in [6.45, 7) is 4.87. The van der Waals surface area contributed by atoms with Gasteiger partial charge in [-0.3, -0.25) is 0 Å². The van der Waals surface area contributed by atoms with E-state index in [0.29, 0.717) is 36.5 Å². The molecule has 2 N–H and O–H groups in total. The Morgan fingerprint density at radius 1 is 1.09 bits per heavy atom. The number of aromatic nitrogens is 6. The molecule has 2 aliphatic heterocycles. The molecule has 2 atom stereocenters. The summed E-state index contributed by atoms with van der Waals surface area (Å²) in [5.74, 6) is 0.919. The SMILES string of the molecule is CC(C)c1cnn2c(NCc3ccccc3-n3cccn3)nc(OC3CC4CCC(C3)N4)nc12. The zero-order valence-electron chi connectivity index (χ0n) is 19.6. The van der Waals surface area contributed by atoms with E-state index in [1.807, 2.05) is 35.3 Å². The van der Waals surface area contributed by atoms with Gasteiger partial charge in [0.25, 0.3) is 0 Å². The summed E-state index contributed by atoms with van der Waals surface area (Å²) >= 11 is 0. The van der Waals surface area contributed by atoms with Gasteiger partial charge in [-0.2, -0.15) is 24.7 Å². The van der Waals surface area contributed by atoms with Gasteiger partial charge in [-0.05, 0) is 49.3 Å². The molecule has 3 aromatic heterocycles. The van der Waals surface area contributed by atoms with Crippen molar-refractivity contribution in [2.24, 2.45) is 0 Å². The fourth-order valence-corrected chi connectivity index (χ4v) is 5.17. The van der Waals surface area contributed by atoms with Crippen LogP contribution in [0.2, 0.25) is 0 Å². The lowest BCUT2D eigenvalue weighted by atomic mass is 10.0. The molecular formula is C25H30N8O. The average molecular weight is 459 g/mol. The predicted molar refractivity (Wildman–Crippen MR) is 129 cm³/mol. The van der Waals surface area contributed by atoms with Crippen LogP contribution in [0.5, 0.6) is 6.01 Å². The van der Waals surface area contributed by atoms with E-state index >= 15 is 0 Å². The number of benzene rings is 1. The summed E-state index contributed by atoms with van der Waals surface area (Å²) < 4.78 is 10.0. The van der Waals surface area contributed by atoms with Crippen LogP contribution in [0.15, 0.2) is 48.9 Å². The van der Waals surface area contributed by atoms with E-state index in [1.54, 1.807) is 10.7 Å². The maximum atomic E-state index is 6.37. The molecular weight excluding hydrogens is 428 g/mol. The lowest BCUT2D eigenvalue weighted by Crippen LogP contribution is -2.42. The first-order chi connectivity index (χ1) is 16.6. The Hall–Kier alpha value is -3.46. The Morgan fingerprint density at radius 2 is 1.91 bits per heavy atom. The number of rotatable bonds is 7. The summed E-state index contributed by atoms with van der Waals surface area (Å²) in [5.41, 5.74) is 4.00. The third-order valence-electron chi connectivity index (χ3n) is 6.88. The minimum atomic E-state index is 0.139. The van der Waals surface area contributed by atoms with Gasteiger partial charge in [0.2, 0.25) is 5.95 Å². The summed E-state index contributed by atoms with van der Waals surface area (Å²) in [5, 5.41) is 16.1. The van der Waals surface area contributed by atoms with Crippen molar-refractivity contribution < 1.29 is 4.74 Å². The Kier molecular flexibility index (Phi) is 5.41. The van der Waals surface area contributed by atoms with Crippen molar-refractivity contribution in [3.05, 3.63) is 60.0 Å². The van der Waals surface area contributed by atoms with Gasteiger partial charge in [0, 0.05) is 36.6 Å². The highest BCUT2D eigenvalue weighted by Gasteiger charge is 2.35. The first kappa shape index (κ1) is 21.1. The van der Waals surface area contributed by atoms with Gasteiger partial charge in [0.15, 0.2) is 5.65 Å². The molecule has 5 heterocycles. The number of hydrogen-bond donors (Lipinski definition) is 2. The average Bonchev–Trinajstić information content (AvgIpc) is 3.58. The van der Waals surface area contributed by atoms with Crippen molar-refractivity contribution >= 4 is 11.6 Å². The minimum Gasteiger partial charge on any atom is -0.460 e. The summed E-state index contributed by atoms with van der Waals surface area (Å²) in [6, 6.07) is 11.6. The van der Waals surface area contributed by atoms with Crippen LogP contribution in [0.3, 0.4) is 0 Å². The second-order valence-corrected chi connectivity index (χ2v) is 9.60. The maximum absolute atomic E-state index is 6.37. The lowest BCUT2D eigenvalue weighted by molar-refractivity contribution is 0.126. The Balaban J connectivity index is 1.31. The molecule has 2 fully saturated rings. The number of ether oxygens (including phenoxy) is 1. The maximum Gasteiger partial charge on any atom is 0.322 e. The molecule has 0 saturated carbocycles. The van der Waals surface area contributed by atoms with Crippen LogP contribution in [-0.2, 0) is 6.54 Å². The Labute approximate surface area is 198 Å². The minimum absolute atomic E-state index is 0.139. The second kappa shape index (κ2) is 8.72. The van der Waals surface area contributed by atoms with Crippen molar-refractivity contribution in [1.82, 2.24) is 34.7 Å². The van der Waals surface area contributed by atoms with Gasteiger partial charge in [-0.25, -0.2) is 4.68 Å². The number of anilines is 1. The van der Waals surface area contributed by atoms with Crippen LogP contribution >= 0.6 is 0 Å². The van der Waals surface area contributed by atoms with E-state index < -0.39 is 0 Å². The van der Waals surface area contributed by atoms with Gasteiger partial charge in [0.1, 0.15) is 6.10 Å². The fourth-order valence-electron chi connectivity index (χ4n) is 5.17. The molecule has 0 spiro atoms. The standard InChI is InChI=1S/C25H30N8O/c1-16(2)21-15-28-33-23(21)30-25(34-20-12-18-8-9-19(13-20)29-18)31-24(33)26-14-17-6-3-4-7-22(17)32-11-5-10-27-32/h3-7,10-11,15-16,18-20,29H,8-9,12-14H2,1-2H3,(H,26,30,31). The highest BCUT2D eigenvalue weighted by atomic mass is 16.5. The van der Waals surface area contributed by atoms with Gasteiger partial charge in [-0.1, -0.05) is 32.0 Å². The van der Waals surface area contributed by atoms with Crippen molar-refractivity contribution in [2.45, 2.75) is 70.2 Å². The largest absolute Gasteiger partial charge is 0.460 e. The lowest BCUT2D eigenvalue weighted by Gasteiger charge is -2.28. The van der Waals surface area contributed by atoms with Crippen LogP contribution < -0.4 is 15.4 Å². The van der Waals surface area contributed by atoms with Gasteiger partial charge in [0.05, 0.1) is 11.9 Å². The first-order valence-electron chi connectivity index (χ1n) is 12.1. The molecule has 6 rings (SSSR count). The van der Waals surface area contributed by atoms with E-state index in [2.05, 4.69) is 46.8 Å². The fraction of sp³-hybridized carbons (Fsp3) is 0.440. The molecule has 176 valence electrons. The van der Waals surface area contributed by atoms with Gasteiger partial charge < -0.3 is 15.4 Å². The Bertz CT molecular complexity index is 1270. The molecule has 9 nitrogen and oxygen atoms in total.